The minimum atomic E-state index is -0.211. The molecule has 0 radical (unpaired) electrons. The normalized spacial score (nSPS) is 19.3. The molecule has 0 amide bonds. The maximum Gasteiger partial charge on any atom is 0.125 e. The Hall–Kier alpha value is -2.24. The van der Waals surface area contributed by atoms with Crippen LogP contribution in [0.2, 0.25) is 0 Å². The number of hydrogen-bond donors (Lipinski definition) is 0. The summed E-state index contributed by atoms with van der Waals surface area (Å²) in [6.45, 7) is 5.74. The van der Waals surface area contributed by atoms with Crippen LogP contribution in [0.25, 0.3) is 6.08 Å². The van der Waals surface area contributed by atoms with E-state index in [0.29, 0.717) is 0 Å². The zero-order valence-corrected chi connectivity index (χ0v) is 16.1. The predicted molar refractivity (Wildman–Crippen MR) is 106 cm³/mol. The third kappa shape index (κ3) is 3.89. The lowest BCUT2D eigenvalue weighted by atomic mass is 9.83. The lowest BCUT2D eigenvalue weighted by Gasteiger charge is -2.43. The number of aromatic nitrogens is 2. The molecule has 3 heterocycles. The molecule has 27 heavy (non-hydrogen) atoms. The van der Waals surface area contributed by atoms with Crippen LogP contribution in [0.4, 0.5) is 0 Å². The van der Waals surface area contributed by atoms with Gasteiger partial charge in [0, 0.05) is 25.8 Å². The van der Waals surface area contributed by atoms with E-state index in [1.54, 1.807) is 7.11 Å². The fraction of sp³-hybridized carbons (Fsp3) is 0.455. The van der Waals surface area contributed by atoms with Gasteiger partial charge in [0.05, 0.1) is 19.4 Å². The fourth-order valence-electron chi connectivity index (χ4n) is 4.03. The summed E-state index contributed by atoms with van der Waals surface area (Å²) in [5.41, 5.74) is 3.38. The quantitative estimate of drug-likeness (QED) is 0.831. The summed E-state index contributed by atoms with van der Waals surface area (Å²) in [4.78, 5) is 11.6. The summed E-state index contributed by atoms with van der Waals surface area (Å²) in [7, 11) is 1.69. The molecule has 0 N–H and O–H groups in total. The summed E-state index contributed by atoms with van der Waals surface area (Å²) >= 11 is 0. The molecule has 0 unspecified atom stereocenters. The summed E-state index contributed by atoms with van der Waals surface area (Å²) in [5.74, 6) is 1.73. The second kappa shape index (κ2) is 7.79. The monoisotopic (exact) mass is 365 g/mol. The van der Waals surface area contributed by atoms with E-state index < -0.39 is 0 Å². The largest absolute Gasteiger partial charge is 0.497 e. The number of nitrogens with zero attached hydrogens (tertiary/aromatic N) is 3. The van der Waals surface area contributed by atoms with Crippen molar-refractivity contribution in [2.75, 3.05) is 33.4 Å². The molecule has 2 aromatic rings. The first-order valence-electron chi connectivity index (χ1n) is 9.68. The van der Waals surface area contributed by atoms with E-state index in [4.69, 9.17) is 14.5 Å². The molecule has 1 aromatic heterocycles. The van der Waals surface area contributed by atoms with Crippen LogP contribution in [0.5, 0.6) is 5.75 Å². The highest BCUT2D eigenvalue weighted by molar-refractivity contribution is 5.50. The van der Waals surface area contributed by atoms with Crippen molar-refractivity contribution in [1.29, 1.82) is 0 Å². The van der Waals surface area contributed by atoms with Crippen LogP contribution in [0.3, 0.4) is 0 Å². The van der Waals surface area contributed by atoms with Crippen molar-refractivity contribution in [3.8, 4) is 5.75 Å². The number of aryl methyl sites for hydroxylation is 1. The van der Waals surface area contributed by atoms with Gasteiger partial charge in [-0.15, -0.1) is 0 Å². The van der Waals surface area contributed by atoms with Gasteiger partial charge in [0.2, 0.25) is 0 Å². The van der Waals surface area contributed by atoms with Gasteiger partial charge in [-0.1, -0.05) is 24.3 Å². The number of fused-ring (bicyclic) bond motifs is 2. The molecule has 0 atom stereocenters. The van der Waals surface area contributed by atoms with E-state index >= 15 is 0 Å². The van der Waals surface area contributed by atoms with Crippen molar-refractivity contribution in [3.05, 3.63) is 59.2 Å². The van der Waals surface area contributed by atoms with Crippen LogP contribution >= 0.6 is 0 Å². The first kappa shape index (κ1) is 18.1. The second-order valence-corrected chi connectivity index (χ2v) is 7.36. The number of rotatable bonds is 4. The zero-order valence-electron chi connectivity index (χ0n) is 16.1. The van der Waals surface area contributed by atoms with Crippen molar-refractivity contribution in [3.63, 3.8) is 0 Å². The maximum absolute atomic E-state index is 6.29. The van der Waals surface area contributed by atoms with Gasteiger partial charge in [-0.05, 0) is 49.4 Å². The summed E-state index contributed by atoms with van der Waals surface area (Å²) < 4.78 is 11.5. The minimum absolute atomic E-state index is 0.211. The number of methoxy groups -OCH3 is 1. The Balaban J connectivity index is 1.37. The predicted octanol–water partition coefficient (Wildman–Crippen LogP) is 3.37. The molecule has 5 nitrogen and oxygen atoms in total. The van der Waals surface area contributed by atoms with Gasteiger partial charge in [-0.25, -0.2) is 9.97 Å². The molecule has 1 aromatic carbocycles. The minimum Gasteiger partial charge on any atom is -0.497 e. The Morgan fingerprint density at radius 2 is 2.00 bits per heavy atom. The Labute approximate surface area is 161 Å². The van der Waals surface area contributed by atoms with Crippen LogP contribution in [0.15, 0.2) is 36.5 Å². The van der Waals surface area contributed by atoms with Gasteiger partial charge in [-0.3, -0.25) is 4.90 Å². The number of ether oxygens (including phenoxy) is 2. The number of hydrogen-bond acceptors (Lipinski definition) is 5. The van der Waals surface area contributed by atoms with Gasteiger partial charge in [0.25, 0.3) is 0 Å². The number of piperidine rings is 1. The summed E-state index contributed by atoms with van der Waals surface area (Å²) in [6.07, 6.45) is 9.31. The first-order valence-corrected chi connectivity index (χ1v) is 9.68. The van der Waals surface area contributed by atoms with Crippen LogP contribution < -0.4 is 4.74 Å². The fourth-order valence-corrected chi connectivity index (χ4v) is 4.03. The third-order valence-electron chi connectivity index (χ3n) is 5.62. The molecule has 2 aliphatic rings. The van der Waals surface area contributed by atoms with E-state index in [2.05, 4.69) is 34.2 Å². The second-order valence-electron chi connectivity index (χ2n) is 7.36. The van der Waals surface area contributed by atoms with Gasteiger partial charge in [-0.2, -0.15) is 0 Å². The van der Waals surface area contributed by atoms with Crippen LogP contribution in [-0.2, 0) is 16.8 Å². The highest BCUT2D eigenvalue weighted by Gasteiger charge is 2.42. The van der Waals surface area contributed by atoms with Gasteiger partial charge in [0.1, 0.15) is 17.2 Å². The average Bonchev–Trinajstić information content (AvgIpc) is 2.71. The summed E-state index contributed by atoms with van der Waals surface area (Å²) in [5, 5.41) is 0. The molecule has 0 aliphatic carbocycles. The molecule has 0 saturated carbocycles. The Morgan fingerprint density at radius 3 is 2.74 bits per heavy atom. The smallest absolute Gasteiger partial charge is 0.125 e. The Morgan fingerprint density at radius 1 is 1.22 bits per heavy atom. The molecule has 142 valence electrons. The third-order valence-corrected chi connectivity index (χ3v) is 5.62. The molecular formula is C22H27N3O2. The zero-order chi connectivity index (χ0) is 18.7. The van der Waals surface area contributed by atoms with Crippen LogP contribution in [0, 0.1) is 6.92 Å². The summed E-state index contributed by atoms with van der Waals surface area (Å²) in [6, 6.07) is 8.14. The van der Waals surface area contributed by atoms with Gasteiger partial charge in [0.15, 0.2) is 0 Å². The lowest BCUT2D eigenvalue weighted by molar-refractivity contribution is -0.1000. The molecule has 4 rings (SSSR count). The Bertz CT molecular complexity index is 809. The van der Waals surface area contributed by atoms with Crippen LogP contribution in [-0.4, -0.2) is 48.2 Å². The molecule has 5 heteroatoms. The van der Waals surface area contributed by atoms with Crippen molar-refractivity contribution in [2.24, 2.45) is 0 Å². The van der Waals surface area contributed by atoms with Crippen molar-refractivity contribution >= 4 is 6.08 Å². The SMILES string of the molecule is COc1ccc(/C=C/CN2CCC3(CC2)OCCc2cnc(C)nc23)cc1. The van der Waals surface area contributed by atoms with Crippen molar-refractivity contribution < 1.29 is 9.47 Å². The molecular weight excluding hydrogens is 338 g/mol. The van der Waals surface area contributed by atoms with Crippen molar-refractivity contribution in [2.45, 2.75) is 31.8 Å². The Kier molecular flexibility index (Phi) is 5.23. The van der Waals surface area contributed by atoms with E-state index in [1.807, 2.05) is 25.3 Å². The van der Waals surface area contributed by atoms with Gasteiger partial charge < -0.3 is 9.47 Å². The molecule has 2 aliphatic heterocycles. The highest BCUT2D eigenvalue weighted by Crippen LogP contribution is 2.40. The molecule has 1 fully saturated rings. The van der Waals surface area contributed by atoms with Gasteiger partial charge >= 0.3 is 0 Å². The number of likely N-dealkylation sites (tertiary alicyclic amines) is 1. The first-order chi connectivity index (χ1) is 13.2. The topological polar surface area (TPSA) is 47.5 Å². The molecule has 1 saturated heterocycles. The van der Waals surface area contributed by atoms with Crippen molar-refractivity contribution in [1.82, 2.24) is 14.9 Å². The standard InChI is InChI=1S/C22H27N3O2/c1-17-23-16-19-9-15-27-22(21(19)24-17)10-13-25(14-11-22)12-3-4-18-5-7-20(26-2)8-6-18/h3-8,16H,9-15H2,1-2H3/b4-3+. The highest BCUT2D eigenvalue weighted by atomic mass is 16.5. The maximum atomic E-state index is 6.29. The molecule has 1 spiro atoms. The number of benzene rings is 1. The average molecular weight is 365 g/mol. The van der Waals surface area contributed by atoms with E-state index in [9.17, 15) is 0 Å². The van der Waals surface area contributed by atoms with E-state index in [-0.39, 0.29) is 5.60 Å². The van der Waals surface area contributed by atoms with Crippen LogP contribution in [0.1, 0.15) is 35.5 Å². The lowest BCUT2D eigenvalue weighted by Crippen LogP contribution is -2.47. The van der Waals surface area contributed by atoms with E-state index in [0.717, 1.165) is 62.8 Å². The molecule has 0 bridgehead atoms. The van der Waals surface area contributed by atoms with E-state index in [1.165, 1.54) is 11.1 Å².